The normalized spacial score (nSPS) is 9.57. The quantitative estimate of drug-likeness (QED) is 0.486. The third kappa shape index (κ3) is 3.17. The molecule has 0 heterocycles. The van der Waals surface area contributed by atoms with Gasteiger partial charge in [0.05, 0.1) is 12.7 Å². The minimum absolute atomic E-state index is 0.288. The van der Waals surface area contributed by atoms with Gasteiger partial charge in [-0.15, -0.1) is 0 Å². The molecule has 4 heteroatoms. The van der Waals surface area contributed by atoms with Gasteiger partial charge in [0, 0.05) is 4.43 Å². The third-order valence-electron chi connectivity index (χ3n) is 1.64. The average molecular weight is 306 g/mol. The zero-order valence-electron chi connectivity index (χ0n) is 7.83. The van der Waals surface area contributed by atoms with Crippen molar-refractivity contribution in [3.8, 4) is 5.75 Å². The van der Waals surface area contributed by atoms with E-state index in [2.05, 4.69) is 22.6 Å². The molecule has 14 heavy (non-hydrogen) atoms. The van der Waals surface area contributed by atoms with Crippen molar-refractivity contribution in [2.75, 3.05) is 18.1 Å². The molecule has 0 bridgehead atoms. The van der Waals surface area contributed by atoms with Crippen LogP contribution >= 0.6 is 22.6 Å². The molecule has 0 amide bonds. The van der Waals surface area contributed by atoms with Crippen LogP contribution in [-0.2, 0) is 4.74 Å². The second-order valence-electron chi connectivity index (χ2n) is 2.55. The highest BCUT2D eigenvalue weighted by Crippen LogP contribution is 2.11. The fourth-order valence-electron chi connectivity index (χ4n) is 0.942. The molecule has 0 aliphatic heterocycles. The van der Waals surface area contributed by atoms with E-state index < -0.39 is 0 Å². The molecule has 0 unspecified atom stereocenters. The smallest absolute Gasteiger partial charge is 0.338 e. The molecule has 0 saturated heterocycles. The third-order valence-corrected chi connectivity index (χ3v) is 2.08. The maximum absolute atomic E-state index is 11.3. The fraction of sp³-hybridized carbons (Fsp3) is 0.300. The van der Waals surface area contributed by atoms with Crippen LogP contribution in [0.15, 0.2) is 24.3 Å². The lowest BCUT2D eigenvalue weighted by Gasteiger charge is -2.03. The zero-order chi connectivity index (χ0) is 10.4. The maximum atomic E-state index is 11.3. The second kappa shape index (κ2) is 5.85. The Hall–Kier alpha value is -0.780. The molecule has 0 saturated carbocycles. The number of esters is 1. The van der Waals surface area contributed by atoms with Crippen molar-refractivity contribution in [2.24, 2.45) is 0 Å². The van der Waals surface area contributed by atoms with Crippen LogP contribution in [0.1, 0.15) is 10.4 Å². The molecule has 0 aromatic heterocycles. The standard InChI is InChI=1S/C10H11IO3/c1-13-9-4-2-8(3-5-9)10(12)14-7-6-11/h2-5H,6-7H2,1H3. The summed E-state index contributed by atoms with van der Waals surface area (Å²) in [7, 11) is 1.59. The number of halogens is 1. The second-order valence-corrected chi connectivity index (χ2v) is 3.63. The van der Waals surface area contributed by atoms with Crippen LogP contribution in [0.5, 0.6) is 5.75 Å². The predicted octanol–water partition coefficient (Wildman–Crippen LogP) is 2.29. The predicted molar refractivity (Wildman–Crippen MR) is 62.2 cm³/mol. The van der Waals surface area contributed by atoms with Crippen molar-refractivity contribution in [1.29, 1.82) is 0 Å². The van der Waals surface area contributed by atoms with E-state index in [4.69, 9.17) is 9.47 Å². The van der Waals surface area contributed by atoms with Gasteiger partial charge in [0.25, 0.3) is 0 Å². The Morgan fingerprint density at radius 3 is 2.50 bits per heavy atom. The van der Waals surface area contributed by atoms with Crippen LogP contribution < -0.4 is 4.74 Å². The molecule has 0 aliphatic rings. The largest absolute Gasteiger partial charge is 0.497 e. The summed E-state index contributed by atoms with van der Waals surface area (Å²) in [4.78, 5) is 11.3. The van der Waals surface area contributed by atoms with Crippen LogP contribution in [0.25, 0.3) is 0 Å². The summed E-state index contributed by atoms with van der Waals surface area (Å²) in [6.45, 7) is 0.450. The summed E-state index contributed by atoms with van der Waals surface area (Å²) in [5.74, 6) is 0.444. The Labute approximate surface area is 96.5 Å². The number of benzene rings is 1. The molecule has 1 rings (SSSR count). The lowest BCUT2D eigenvalue weighted by Crippen LogP contribution is -2.06. The number of methoxy groups -OCH3 is 1. The highest BCUT2D eigenvalue weighted by atomic mass is 127. The Bertz CT molecular complexity index is 295. The van der Waals surface area contributed by atoms with Crippen LogP contribution in [0.4, 0.5) is 0 Å². The number of alkyl halides is 1. The van der Waals surface area contributed by atoms with E-state index in [1.807, 2.05) is 0 Å². The van der Waals surface area contributed by atoms with E-state index in [1.54, 1.807) is 31.4 Å². The minimum atomic E-state index is -0.288. The van der Waals surface area contributed by atoms with Gasteiger partial charge in [-0.3, -0.25) is 0 Å². The molecule has 0 aliphatic carbocycles. The lowest BCUT2D eigenvalue weighted by atomic mass is 10.2. The number of rotatable bonds is 4. The van der Waals surface area contributed by atoms with Crippen molar-refractivity contribution < 1.29 is 14.3 Å². The molecule has 76 valence electrons. The molecule has 3 nitrogen and oxygen atoms in total. The summed E-state index contributed by atoms with van der Waals surface area (Å²) in [6.07, 6.45) is 0. The number of hydrogen-bond acceptors (Lipinski definition) is 3. The van der Waals surface area contributed by atoms with Crippen LogP contribution in [-0.4, -0.2) is 24.1 Å². The van der Waals surface area contributed by atoms with Gasteiger partial charge in [-0.05, 0) is 24.3 Å². The SMILES string of the molecule is COc1ccc(C(=O)OCCI)cc1. The van der Waals surface area contributed by atoms with E-state index in [9.17, 15) is 4.79 Å². The summed E-state index contributed by atoms with van der Waals surface area (Å²) in [6, 6.07) is 6.85. The van der Waals surface area contributed by atoms with Crippen molar-refractivity contribution in [2.45, 2.75) is 0 Å². The molecular weight excluding hydrogens is 295 g/mol. The Balaban J connectivity index is 2.62. The van der Waals surface area contributed by atoms with Crippen molar-refractivity contribution in [3.05, 3.63) is 29.8 Å². The van der Waals surface area contributed by atoms with Gasteiger partial charge in [0.1, 0.15) is 12.4 Å². The monoisotopic (exact) mass is 306 g/mol. The number of carbonyl (C=O) groups is 1. The fourth-order valence-corrected chi connectivity index (χ4v) is 1.16. The first-order valence-corrected chi connectivity index (χ1v) is 5.67. The van der Waals surface area contributed by atoms with Gasteiger partial charge in [-0.2, -0.15) is 0 Å². The summed E-state index contributed by atoms with van der Waals surface area (Å²) in [5.41, 5.74) is 0.552. The lowest BCUT2D eigenvalue weighted by molar-refractivity contribution is 0.0533. The Morgan fingerprint density at radius 2 is 2.00 bits per heavy atom. The van der Waals surface area contributed by atoms with Gasteiger partial charge in [-0.1, -0.05) is 22.6 Å². The van der Waals surface area contributed by atoms with Crippen LogP contribution in [0.2, 0.25) is 0 Å². The molecule has 1 aromatic rings. The van der Waals surface area contributed by atoms with E-state index >= 15 is 0 Å². The number of hydrogen-bond donors (Lipinski definition) is 0. The van der Waals surface area contributed by atoms with Crippen molar-refractivity contribution >= 4 is 28.6 Å². The van der Waals surface area contributed by atoms with Crippen LogP contribution in [0, 0.1) is 0 Å². The van der Waals surface area contributed by atoms with Crippen molar-refractivity contribution in [1.82, 2.24) is 0 Å². The Kier molecular flexibility index (Phi) is 4.72. The van der Waals surface area contributed by atoms with E-state index in [0.29, 0.717) is 12.2 Å². The molecule has 0 radical (unpaired) electrons. The number of ether oxygens (including phenoxy) is 2. The molecular formula is C10H11IO3. The van der Waals surface area contributed by atoms with E-state index in [-0.39, 0.29) is 5.97 Å². The topological polar surface area (TPSA) is 35.5 Å². The molecule has 1 aromatic carbocycles. The van der Waals surface area contributed by atoms with Gasteiger partial charge < -0.3 is 9.47 Å². The number of carbonyl (C=O) groups excluding carboxylic acids is 1. The van der Waals surface area contributed by atoms with Gasteiger partial charge in [-0.25, -0.2) is 4.79 Å². The van der Waals surface area contributed by atoms with E-state index in [0.717, 1.165) is 10.2 Å². The molecule has 0 spiro atoms. The first-order chi connectivity index (χ1) is 6.77. The zero-order valence-corrected chi connectivity index (χ0v) is 9.98. The Morgan fingerprint density at radius 1 is 1.36 bits per heavy atom. The van der Waals surface area contributed by atoms with Gasteiger partial charge in [0.2, 0.25) is 0 Å². The maximum Gasteiger partial charge on any atom is 0.338 e. The summed E-state index contributed by atoms with van der Waals surface area (Å²) < 4.78 is 10.7. The van der Waals surface area contributed by atoms with Crippen LogP contribution in [0.3, 0.4) is 0 Å². The van der Waals surface area contributed by atoms with Crippen molar-refractivity contribution in [3.63, 3.8) is 0 Å². The summed E-state index contributed by atoms with van der Waals surface area (Å²) in [5, 5.41) is 0. The average Bonchev–Trinajstić information content (AvgIpc) is 2.26. The molecule has 0 atom stereocenters. The van der Waals surface area contributed by atoms with Gasteiger partial charge in [0.15, 0.2) is 0 Å². The summed E-state index contributed by atoms with van der Waals surface area (Å²) >= 11 is 2.15. The highest BCUT2D eigenvalue weighted by molar-refractivity contribution is 14.1. The van der Waals surface area contributed by atoms with Gasteiger partial charge >= 0.3 is 5.97 Å². The minimum Gasteiger partial charge on any atom is -0.497 e. The molecule has 0 fully saturated rings. The first kappa shape index (κ1) is 11.3. The molecule has 0 N–H and O–H groups in total. The van der Waals surface area contributed by atoms with E-state index in [1.165, 1.54) is 0 Å². The highest BCUT2D eigenvalue weighted by Gasteiger charge is 2.05. The first-order valence-electron chi connectivity index (χ1n) is 4.15.